The van der Waals surface area contributed by atoms with Crippen LogP contribution in [0.25, 0.3) is 22.3 Å². The first kappa shape index (κ1) is 20.8. The summed E-state index contributed by atoms with van der Waals surface area (Å²) in [6.07, 6.45) is 5.50. The summed E-state index contributed by atoms with van der Waals surface area (Å²) in [4.78, 5) is 14.4. The molecule has 2 aliphatic heterocycles. The van der Waals surface area contributed by atoms with E-state index in [-0.39, 0.29) is 5.25 Å². The molecule has 0 amide bonds. The highest BCUT2D eigenvalue weighted by Gasteiger charge is 2.43. The lowest BCUT2D eigenvalue weighted by Crippen LogP contribution is -2.59. The molecule has 2 aliphatic rings. The SMILES string of the molecule is O=S(=O)(C1CN(c2nc(-c3ccccc3)cs2)C1)N1CCC(c2c[nH]c3ncccc23)CC1. The molecule has 3 aromatic heterocycles. The van der Waals surface area contributed by atoms with Crippen molar-refractivity contribution in [3.8, 4) is 11.3 Å². The van der Waals surface area contributed by atoms with E-state index in [0.717, 1.165) is 40.3 Å². The van der Waals surface area contributed by atoms with Crippen molar-refractivity contribution in [3.63, 3.8) is 0 Å². The number of fused-ring (bicyclic) bond motifs is 1. The van der Waals surface area contributed by atoms with Crippen LogP contribution in [0.5, 0.6) is 0 Å². The topological polar surface area (TPSA) is 82.2 Å². The highest BCUT2D eigenvalue weighted by molar-refractivity contribution is 7.89. The number of sulfonamides is 1. The second kappa shape index (κ2) is 8.23. The fraction of sp³-hybridized carbons (Fsp3) is 0.333. The Morgan fingerprint density at radius 2 is 1.82 bits per heavy atom. The molecule has 7 nitrogen and oxygen atoms in total. The molecule has 5 heterocycles. The van der Waals surface area contributed by atoms with Crippen LogP contribution in [0.2, 0.25) is 0 Å². The quantitative estimate of drug-likeness (QED) is 0.466. The maximum atomic E-state index is 13.2. The smallest absolute Gasteiger partial charge is 0.220 e. The van der Waals surface area contributed by atoms with Crippen molar-refractivity contribution in [2.45, 2.75) is 24.0 Å². The number of nitrogens with one attached hydrogen (secondary N) is 1. The molecule has 0 saturated carbocycles. The standard InChI is InChI=1S/C24H25N5O2S2/c30-33(31,19-14-28(15-19)24-27-22(16-32-24)18-5-2-1-3-6-18)29-11-8-17(9-12-29)21-13-26-23-20(21)7-4-10-25-23/h1-7,10,13,16-17,19H,8-9,11-12,14-15H2,(H,25,26). The van der Waals surface area contributed by atoms with Crippen LogP contribution in [0.1, 0.15) is 24.3 Å². The van der Waals surface area contributed by atoms with Crippen molar-refractivity contribution in [1.82, 2.24) is 19.3 Å². The molecule has 1 aromatic carbocycles. The third-order valence-electron chi connectivity index (χ3n) is 6.84. The van der Waals surface area contributed by atoms with E-state index in [2.05, 4.69) is 20.9 Å². The molecular formula is C24H25N5O2S2. The maximum Gasteiger partial charge on any atom is 0.220 e. The highest BCUT2D eigenvalue weighted by Crippen LogP contribution is 2.36. The number of benzene rings is 1. The monoisotopic (exact) mass is 479 g/mol. The number of H-pyrrole nitrogens is 1. The van der Waals surface area contributed by atoms with Crippen molar-refractivity contribution in [2.24, 2.45) is 0 Å². The van der Waals surface area contributed by atoms with Gasteiger partial charge in [0.15, 0.2) is 5.13 Å². The van der Waals surface area contributed by atoms with Crippen LogP contribution in [0.4, 0.5) is 5.13 Å². The summed E-state index contributed by atoms with van der Waals surface area (Å²) in [6, 6.07) is 14.1. The van der Waals surface area contributed by atoms with Crippen LogP contribution in [-0.2, 0) is 10.0 Å². The largest absolute Gasteiger partial charge is 0.346 e. The molecule has 33 heavy (non-hydrogen) atoms. The first-order valence-corrected chi connectivity index (χ1v) is 13.6. The molecule has 0 aliphatic carbocycles. The zero-order valence-corrected chi connectivity index (χ0v) is 19.7. The van der Waals surface area contributed by atoms with Crippen LogP contribution in [0.3, 0.4) is 0 Å². The lowest BCUT2D eigenvalue weighted by molar-refractivity contribution is 0.314. The Morgan fingerprint density at radius 3 is 2.61 bits per heavy atom. The van der Waals surface area contributed by atoms with E-state index in [1.165, 1.54) is 5.56 Å². The molecule has 2 fully saturated rings. The van der Waals surface area contributed by atoms with E-state index < -0.39 is 10.0 Å². The number of anilines is 1. The summed E-state index contributed by atoms with van der Waals surface area (Å²) in [5, 5.41) is 3.73. The number of pyridine rings is 1. The number of hydrogen-bond donors (Lipinski definition) is 1. The van der Waals surface area contributed by atoms with Crippen LogP contribution in [-0.4, -0.2) is 59.1 Å². The lowest BCUT2D eigenvalue weighted by Gasteiger charge is -2.42. The van der Waals surface area contributed by atoms with Crippen molar-refractivity contribution in [1.29, 1.82) is 0 Å². The fourth-order valence-electron chi connectivity index (χ4n) is 4.88. The predicted octanol–water partition coefficient (Wildman–Crippen LogP) is 4.08. The zero-order valence-electron chi connectivity index (χ0n) is 18.1. The van der Waals surface area contributed by atoms with Crippen LogP contribution >= 0.6 is 11.3 Å². The third kappa shape index (κ3) is 3.74. The molecule has 0 unspecified atom stereocenters. The van der Waals surface area contributed by atoms with Crippen LogP contribution in [0.15, 0.2) is 60.2 Å². The number of nitrogens with zero attached hydrogens (tertiary/aromatic N) is 4. The van der Waals surface area contributed by atoms with Gasteiger partial charge in [-0.25, -0.2) is 22.7 Å². The van der Waals surface area contributed by atoms with E-state index in [4.69, 9.17) is 4.98 Å². The summed E-state index contributed by atoms with van der Waals surface area (Å²) in [5.74, 6) is 0.360. The predicted molar refractivity (Wildman–Crippen MR) is 132 cm³/mol. The Kier molecular flexibility index (Phi) is 5.20. The zero-order chi connectivity index (χ0) is 22.4. The number of thiazole rings is 1. The second-order valence-electron chi connectivity index (χ2n) is 8.77. The van der Waals surface area contributed by atoms with Gasteiger partial charge in [-0.15, -0.1) is 11.3 Å². The molecule has 0 atom stereocenters. The van der Waals surface area contributed by atoms with Gasteiger partial charge < -0.3 is 9.88 Å². The first-order chi connectivity index (χ1) is 16.1. The van der Waals surface area contributed by atoms with E-state index in [9.17, 15) is 8.42 Å². The summed E-state index contributed by atoms with van der Waals surface area (Å²) in [7, 11) is -3.30. The van der Waals surface area contributed by atoms with Gasteiger partial charge in [0, 0.05) is 54.9 Å². The average Bonchev–Trinajstić information content (AvgIpc) is 3.46. The minimum Gasteiger partial charge on any atom is -0.346 e. The molecule has 0 spiro atoms. The Hall–Kier alpha value is -2.75. The molecule has 9 heteroatoms. The summed E-state index contributed by atoms with van der Waals surface area (Å²) < 4.78 is 28.2. The van der Waals surface area contributed by atoms with Gasteiger partial charge in [-0.3, -0.25) is 0 Å². The van der Waals surface area contributed by atoms with Gasteiger partial charge in [-0.2, -0.15) is 0 Å². The maximum absolute atomic E-state index is 13.2. The molecule has 1 N–H and O–H groups in total. The fourth-order valence-corrected chi connectivity index (χ4v) is 7.61. The number of aromatic nitrogens is 3. The number of hydrogen-bond acceptors (Lipinski definition) is 6. The minimum absolute atomic E-state index is 0.351. The van der Waals surface area contributed by atoms with Crippen LogP contribution < -0.4 is 4.90 Å². The normalized spacial score (nSPS) is 18.6. The molecule has 0 bridgehead atoms. The number of rotatable bonds is 5. The van der Waals surface area contributed by atoms with E-state index in [1.807, 2.05) is 48.0 Å². The van der Waals surface area contributed by atoms with Crippen molar-refractivity contribution < 1.29 is 8.42 Å². The van der Waals surface area contributed by atoms with Gasteiger partial charge in [-0.05, 0) is 36.5 Å². The lowest BCUT2D eigenvalue weighted by atomic mass is 9.90. The highest BCUT2D eigenvalue weighted by atomic mass is 32.2. The average molecular weight is 480 g/mol. The summed E-state index contributed by atoms with van der Waals surface area (Å²) >= 11 is 1.57. The summed E-state index contributed by atoms with van der Waals surface area (Å²) in [6.45, 7) is 2.17. The Labute approximate surface area is 197 Å². The van der Waals surface area contributed by atoms with Gasteiger partial charge in [0.05, 0.1) is 5.69 Å². The van der Waals surface area contributed by atoms with Gasteiger partial charge >= 0.3 is 0 Å². The number of aromatic amines is 1. The third-order valence-corrected chi connectivity index (χ3v) is 9.97. The Morgan fingerprint density at radius 1 is 1.03 bits per heavy atom. The Balaban J connectivity index is 1.08. The van der Waals surface area contributed by atoms with E-state index >= 15 is 0 Å². The molecule has 2 saturated heterocycles. The molecule has 4 aromatic rings. The van der Waals surface area contributed by atoms with Crippen molar-refractivity contribution in [3.05, 3.63) is 65.8 Å². The number of piperidine rings is 1. The van der Waals surface area contributed by atoms with Gasteiger partial charge in [-0.1, -0.05) is 30.3 Å². The summed E-state index contributed by atoms with van der Waals surface area (Å²) in [5.41, 5.74) is 4.17. The van der Waals surface area contributed by atoms with Gasteiger partial charge in [0.2, 0.25) is 10.0 Å². The van der Waals surface area contributed by atoms with Crippen molar-refractivity contribution in [2.75, 3.05) is 31.1 Å². The van der Waals surface area contributed by atoms with E-state index in [1.54, 1.807) is 21.8 Å². The first-order valence-electron chi connectivity index (χ1n) is 11.3. The van der Waals surface area contributed by atoms with E-state index in [0.29, 0.717) is 32.1 Å². The van der Waals surface area contributed by atoms with Gasteiger partial charge in [0.1, 0.15) is 10.9 Å². The second-order valence-corrected chi connectivity index (χ2v) is 11.8. The van der Waals surface area contributed by atoms with Gasteiger partial charge in [0.25, 0.3) is 0 Å². The minimum atomic E-state index is -3.30. The van der Waals surface area contributed by atoms with Crippen molar-refractivity contribution >= 4 is 37.5 Å². The molecule has 0 radical (unpaired) electrons. The molecule has 170 valence electrons. The Bertz CT molecular complexity index is 1370. The van der Waals surface area contributed by atoms with Crippen LogP contribution in [0, 0.1) is 0 Å². The molecule has 6 rings (SSSR count). The molecular weight excluding hydrogens is 454 g/mol.